The quantitative estimate of drug-likeness (QED) is 0.844. The Morgan fingerprint density at radius 1 is 1.17 bits per heavy atom. The van der Waals surface area contributed by atoms with Gasteiger partial charge in [0.1, 0.15) is 11.9 Å². The Morgan fingerprint density at radius 2 is 2.04 bits per heavy atom. The van der Waals surface area contributed by atoms with Crippen LogP contribution in [0.5, 0.6) is 0 Å². The molecule has 2 bridgehead atoms. The lowest BCUT2D eigenvalue weighted by atomic mass is 10.1. The fraction of sp³-hybridized carbons (Fsp3) is 0.667. The number of nitriles is 1. The molecule has 0 amide bonds. The van der Waals surface area contributed by atoms with Gasteiger partial charge in [-0.05, 0) is 37.3 Å². The number of pyridine rings is 1. The number of nitrogens with zero attached hydrogens (tertiary/aromatic N) is 5. The van der Waals surface area contributed by atoms with Gasteiger partial charge < -0.3 is 4.90 Å². The SMILES string of the molecule is N#Cc1cccnc1N1CCN(CCN2C[C@H]3CC[C@@H]2C3)CC1. The monoisotopic (exact) mass is 311 g/mol. The summed E-state index contributed by atoms with van der Waals surface area (Å²) in [6, 6.07) is 6.83. The first-order chi connectivity index (χ1) is 11.3. The number of aromatic nitrogens is 1. The minimum absolute atomic E-state index is 0.689. The molecular formula is C18H25N5. The molecule has 5 nitrogen and oxygen atoms in total. The van der Waals surface area contributed by atoms with Crippen LogP contribution in [0.4, 0.5) is 5.82 Å². The summed E-state index contributed by atoms with van der Waals surface area (Å²) >= 11 is 0. The van der Waals surface area contributed by atoms with Crippen molar-refractivity contribution in [1.82, 2.24) is 14.8 Å². The van der Waals surface area contributed by atoms with Crippen LogP contribution < -0.4 is 4.90 Å². The molecule has 3 fully saturated rings. The Morgan fingerprint density at radius 3 is 2.74 bits per heavy atom. The van der Waals surface area contributed by atoms with Crippen molar-refractivity contribution in [2.24, 2.45) is 5.92 Å². The van der Waals surface area contributed by atoms with Gasteiger partial charge in [-0.15, -0.1) is 0 Å². The van der Waals surface area contributed by atoms with E-state index in [1.807, 2.05) is 12.1 Å². The van der Waals surface area contributed by atoms with E-state index >= 15 is 0 Å². The molecule has 2 atom stereocenters. The zero-order valence-electron chi connectivity index (χ0n) is 13.7. The van der Waals surface area contributed by atoms with Gasteiger partial charge in [-0.2, -0.15) is 5.26 Å². The highest BCUT2D eigenvalue weighted by Gasteiger charge is 2.37. The smallest absolute Gasteiger partial charge is 0.146 e. The van der Waals surface area contributed by atoms with Crippen LogP contribution in [-0.2, 0) is 0 Å². The summed E-state index contributed by atoms with van der Waals surface area (Å²) in [5, 5.41) is 9.23. The highest BCUT2D eigenvalue weighted by molar-refractivity contribution is 5.53. The minimum atomic E-state index is 0.689. The topological polar surface area (TPSA) is 46.4 Å². The summed E-state index contributed by atoms with van der Waals surface area (Å²) < 4.78 is 0. The van der Waals surface area contributed by atoms with Crippen LogP contribution in [0.15, 0.2) is 18.3 Å². The molecule has 0 N–H and O–H groups in total. The van der Waals surface area contributed by atoms with Crippen LogP contribution in [0, 0.1) is 17.2 Å². The third-order valence-corrected chi connectivity index (χ3v) is 5.81. The summed E-state index contributed by atoms with van der Waals surface area (Å²) in [6.45, 7) is 7.84. The maximum Gasteiger partial charge on any atom is 0.146 e. The van der Waals surface area contributed by atoms with Crippen LogP contribution in [0.1, 0.15) is 24.8 Å². The van der Waals surface area contributed by atoms with E-state index < -0.39 is 0 Å². The van der Waals surface area contributed by atoms with Crippen molar-refractivity contribution in [2.45, 2.75) is 25.3 Å². The first kappa shape index (κ1) is 14.9. The molecule has 3 heterocycles. The molecule has 0 radical (unpaired) electrons. The number of piperazine rings is 1. The van der Waals surface area contributed by atoms with Crippen molar-refractivity contribution in [2.75, 3.05) is 50.7 Å². The van der Waals surface area contributed by atoms with E-state index in [1.54, 1.807) is 6.20 Å². The van der Waals surface area contributed by atoms with Gasteiger partial charge >= 0.3 is 0 Å². The predicted octanol–water partition coefficient (Wildman–Crippen LogP) is 1.56. The molecular weight excluding hydrogens is 286 g/mol. The van der Waals surface area contributed by atoms with Crippen LogP contribution in [0.2, 0.25) is 0 Å². The Bertz CT molecular complexity index is 587. The minimum Gasteiger partial charge on any atom is -0.353 e. The van der Waals surface area contributed by atoms with Gasteiger partial charge in [0.2, 0.25) is 0 Å². The maximum absolute atomic E-state index is 9.23. The molecule has 0 aromatic carbocycles. The van der Waals surface area contributed by atoms with Gasteiger partial charge in [-0.25, -0.2) is 4.98 Å². The first-order valence-electron chi connectivity index (χ1n) is 8.90. The van der Waals surface area contributed by atoms with Gasteiger partial charge in [0, 0.05) is 58.1 Å². The van der Waals surface area contributed by atoms with Gasteiger partial charge in [-0.3, -0.25) is 9.80 Å². The molecule has 1 aromatic rings. The van der Waals surface area contributed by atoms with Crippen LogP contribution in [-0.4, -0.2) is 66.6 Å². The maximum atomic E-state index is 9.23. The summed E-state index contributed by atoms with van der Waals surface area (Å²) in [6.07, 6.45) is 6.12. The molecule has 122 valence electrons. The van der Waals surface area contributed by atoms with Gasteiger partial charge in [0.25, 0.3) is 0 Å². The van der Waals surface area contributed by atoms with E-state index in [-0.39, 0.29) is 0 Å². The predicted molar refractivity (Wildman–Crippen MR) is 90.3 cm³/mol. The lowest BCUT2D eigenvalue weighted by Gasteiger charge is -2.37. The first-order valence-corrected chi connectivity index (χ1v) is 8.90. The van der Waals surface area contributed by atoms with E-state index in [0.717, 1.165) is 44.0 Å². The molecule has 1 aromatic heterocycles. The lowest BCUT2D eigenvalue weighted by molar-refractivity contribution is 0.167. The van der Waals surface area contributed by atoms with Crippen molar-refractivity contribution < 1.29 is 0 Å². The largest absolute Gasteiger partial charge is 0.353 e. The fourth-order valence-corrected chi connectivity index (χ4v) is 4.49. The summed E-state index contributed by atoms with van der Waals surface area (Å²) in [7, 11) is 0. The zero-order chi connectivity index (χ0) is 15.6. The van der Waals surface area contributed by atoms with Crippen molar-refractivity contribution >= 4 is 5.82 Å². The molecule has 0 spiro atoms. The number of anilines is 1. The molecule has 5 heteroatoms. The molecule has 2 aliphatic heterocycles. The van der Waals surface area contributed by atoms with Crippen molar-refractivity contribution in [3.8, 4) is 6.07 Å². The number of piperidine rings is 1. The van der Waals surface area contributed by atoms with E-state index in [4.69, 9.17) is 0 Å². The second-order valence-corrected chi connectivity index (χ2v) is 7.14. The number of likely N-dealkylation sites (tertiary alicyclic amines) is 1. The van der Waals surface area contributed by atoms with Crippen LogP contribution in [0.25, 0.3) is 0 Å². The molecule has 23 heavy (non-hydrogen) atoms. The summed E-state index contributed by atoms with van der Waals surface area (Å²) in [5.74, 6) is 1.84. The number of hydrogen-bond donors (Lipinski definition) is 0. The zero-order valence-corrected chi connectivity index (χ0v) is 13.7. The van der Waals surface area contributed by atoms with E-state index in [1.165, 1.54) is 38.9 Å². The summed E-state index contributed by atoms with van der Waals surface area (Å²) in [5.41, 5.74) is 0.689. The average molecular weight is 311 g/mol. The highest BCUT2D eigenvalue weighted by Crippen LogP contribution is 2.36. The van der Waals surface area contributed by atoms with Gasteiger partial charge in [0.15, 0.2) is 0 Å². The van der Waals surface area contributed by atoms with Crippen molar-refractivity contribution in [1.29, 1.82) is 5.26 Å². The molecule has 3 aliphatic rings. The normalized spacial score (nSPS) is 28.2. The Hall–Kier alpha value is -1.64. The van der Waals surface area contributed by atoms with Crippen molar-refractivity contribution in [3.05, 3.63) is 23.9 Å². The number of hydrogen-bond acceptors (Lipinski definition) is 5. The van der Waals surface area contributed by atoms with Crippen LogP contribution in [0.3, 0.4) is 0 Å². The third-order valence-electron chi connectivity index (χ3n) is 5.81. The lowest BCUT2D eigenvalue weighted by Crippen LogP contribution is -2.49. The fourth-order valence-electron chi connectivity index (χ4n) is 4.49. The molecule has 4 rings (SSSR count). The van der Waals surface area contributed by atoms with Gasteiger partial charge in [0.05, 0.1) is 5.56 Å². The van der Waals surface area contributed by atoms with Crippen LogP contribution >= 0.6 is 0 Å². The molecule has 1 aliphatic carbocycles. The molecule has 2 saturated heterocycles. The third kappa shape index (κ3) is 3.06. The Balaban J connectivity index is 1.27. The highest BCUT2D eigenvalue weighted by atomic mass is 15.3. The second kappa shape index (κ2) is 6.46. The number of fused-ring (bicyclic) bond motifs is 2. The Kier molecular flexibility index (Phi) is 4.19. The average Bonchev–Trinajstić information content (AvgIpc) is 3.23. The Labute approximate surface area is 138 Å². The summed E-state index contributed by atoms with van der Waals surface area (Å²) in [4.78, 5) is 11.9. The molecule has 0 unspecified atom stereocenters. The molecule has 1 saturated carbocycles. The second-order valence-electron chi connectivity index (χ2n) is 7.14. The standard InChI is InChI=1S/C18H25N5/c19-13-16-2-1-5-20-18(16)22-9-6-21(7-10-22)8-11-23-14-15-3-4-17(23)12-15/h1-2,5,15,17H,3-4,6-12,14H2/t15-,17+/m0/s1. The number of rotatable bonds is 4. The van der Waals surface area contributed by atoms with Gasteiger partial charge in [-0.1, -0.05) is 0 Å². The van der Waals surface area contributed by atoms with E-state index in [9.17, 15) is 5.26 Å². The van der Waals surface area contributed by atoms with Crippen molar-refractivity contribution in [3.63, 3.8) is 0 Å². The van der Waals surface area contributed by atoms with E-state index in [0.29, 0.717) is 5.56 Å². The van der Waals surface area contributed by atoms with E-state index in [2.05, 4.69) is 25.8 Å².